The van der Waals surface area contributed by atoms with Gasteiger partial charge >= 0.3 is 0 Å². The molecule has 0 aliphatic heterocycles. The van der Waals surface area contributed by atoms with Gasteiger partial charge < -0.3 is 5.32 Å². The van der Waals surface area contributed by atoms with E-state index in [1.165, 1.54) is 12.8 Å². The molecule has 94 valence electrons. The fourth-order valence-electron chi connectivity index (χ4n) is 2.10. The summed E-state index contributed by atoms with van der Waals surface area (Å²) in [5.74, 6) is 1.69. The number of hydrogen-bond acceptors (Lipinski definition) is 4. The zero-order valence-electron chi connectivity index (χ0n) is 10.5. The minimum absolute atomic E-state index is 0.547. The van der Waals surface area contributed by atoms with Gasteiger partial charge in [0.15, 0.2) is 5.82 Å². The quantitative estimate of drug-likeness (QED) is 0.865. The number of nitrogens with zero attached hydrogens (tertiary/aromatic N) is 4. The highest BCUT2D eigenvalue weighted by molar-refractivity contribution is 5.30. The van der Waals surface area contributed by atoms with Crippen LogP contribution >= 0.6 is 0 Å². The lowest BCUT2D eigenvalue weighted by Gasteiger charge is -2.12. The molecule has 5 heteroatoms. The van der Waals surface area contributed by atoms with Crippen LogP contribution in [0.2, 0.25) is 0 Å². The van der Waals surface area contributed by atoms with Crippen LogP contribution in [0, 0.1) is 5.92 Å². The fourth-order valence-corrected chi connectivity index (χ4v) is 2.10. The third-order valence-electron chi connectivity index (χ3n) is 3.45. The molecule has 0 radical (unpaired) electrons. The van der Waals surface area contributed by atoms with Crippen LogP contribution in [0.25, 0.3) is 5.69 Å². The molecule has 1 atom stereocenters. The second-order valence-corrected chi connectivity index (χ2v) is 4.85. The van der Waals surface area contributed by atoms with Gasteiger partial charge in [0.05, 0.1) is 12.2 Å². The van der Waals surface area contributed by atoms with E-state index in [4.69, 9.17) is 0 Å². The van der Waals surface area contributed by atoms with Gasteiger partial charge in [-0.2, -0.15) is 4.68 Å². The van der Waals surface area contributed by atoms with E-state index < -0.39 is 0 Å². The van der Waals surface area contributed by atoms with Crippen LogP contribution in [0.1, 0.15) is 25.6 Å². The van der Waals surface area contributed by atoms with E-state index in [1.807, 2.05) is 30.3 Å². The highest BCUT2D eigenvalue weighted by atomic mass is 15.5. The Hall–Kier alpha value is -1.75. The van der Waals surface area contributed by atoms with Gasteiger partial charge in [-0.3, -0.25) is 0 Å². The number of rotatable bonds is 5. The van der Waals surface area contributed by atoms with E-state index in [2.05, 4.69) is 27.8 Å². The van der Waals surface area contributed by atoms with Gasteiger partial charge in [-0.1, -0.05) is 18.2 Å². The van der Waals surface area contributed by atoms with E-state index >= 15 is 0 Å². The smallest absolute Gasteiger partial charge is 0.170 e. The normalized spacial score (nSPS) is 16.7. The van der Waals surface area contributed by atoms with Gasteiger partial charge in [-0.25, -0.2) is 0 Å². The van der Waals surface area contributed by atoms with Gasteiger partial charge in [-0.05, 0) is 48.2 Å². The summed E-state index contributed by atoms with van der Waals surface area (Å²) in [4.78, 5) is 0. The summed E-state index contributed by atoms with van der Waals surface area (Å²) in [5.41, 5.74) is 0.998. The minimum Gasteiger partial charge on any atom is -0.307 e. The maximum atomic E-state index is 4.08. The molecule has 0 bridgehead atoms. The lowest BCUT2D eigenvalue weighted by Crippen LogP contribution is -2.28. The predicted molar refractivity (Wildman–Crippen MR) is 68.2 cm³/mol. The molecule has 5 nitrogen and oxygen atoms in total. The zero-order chi connectivity index (χ0) is 12.4. The summed E-state index contributed by atoms with van der Waals surface area (Å²) in [6, 6.07) is 10.5. The molecule has 18 heavy (non-hydrogen) atoms. The number of nitrogens with one attached hydrogen (secondary N) is 1. The van der Waals surface area contributed by atoms with E-state index in [0.29, 0.717) is 12.6 Å². The van der Waals surface area contributed by atoms with Crippen LogP contribution in [0.4, 0.5) is 0 Å². The molecule has 1 saturated carbocycles. The second kappa shape index (κ2) is 4.86. The lowest BCUT2D eigenvalue weighted by molar-refractivity contribution is 0.483. The average Bonchev–Trinajstić information content (AvgIpc) is 3.16. The van der Waals surface area contributed by atoms with Crippen LogP contribution in [0.5, 0.6) is 0 Å². The molecule has 3 rings (SSSR count). The second-order valence-electron chi connectivity index (χ2n) is 4.85. The largest absolute Gasteiger partial charge is 0.307 e. The summed E-state index contributed by atoms with van der Waals surface area (Å²) in [6.07, 6.45) is 2.69. The highest BCUT2D eigenvalue weighted by Gasteiger charge is 2.27. The van der Waals surface area contributed by atoms with E-state index in [1.54, 1.807) is 4.68 Å². The van der Waals surface area contributed by atoms with Crippen LogP contribution < -0.4 is 5.32 Å². The number of para-hydroxylation sites is 1. The molecule has 1 aromatic heterocycles. The minimum atomic E-state index is 0.547. The van der Waals surface area contributed by atoms with Gasteiger partial charge in [0.2, 0.25) is 0 Å². The number of aromatic nitrogens is 4. The summed E-state index contributed by atoms with van der Waals surface area (Å²) < 4.78 is 1.78. The van der Waals surface area contributed by atoms with Gasteiger partial charge in [0.1, 0.15) is 0 Å². The van der Waals surface area contributed by atoms with Crippen molar-refractivity contribution in [1.29, 1.82) is 0 Å². The van der Waals surface area contributed by atoms with Crippen molar-refractivity contribution in [3.05, 3.63) is 36.2 Å². The van der Waals surface area contributed by atoms with Crippen molar-refractivity contribution in [1.82, 2.24) is 25.5 Å². The Balaban J connectivity index is 1.71. The summed E-state index contributed by atoms with van der Waals surface area (Å²) in [6.45, 7) is 2.94. The predicted octanol–water partition coefficient (Wildman–Crippen LogP) is 1.55. The summed E-state index contributed by atoms with van der Waals surface area (Å²) >= 11 is 0. The third kappa shape index (κ3) is 2.41. The van der Waals surface area contributed by atoms with Crippen LogP contribution in [0.3, 0.4) is 0 Å². The molecular formula is C13H17N5. The van der Waals surface area contributed by atoms with Crippen molar-refractivity contribution in [2.24, 2.45) is 5.92 Å². The Morgan fingerprint density at radius 1 is 1.33 bits per heavy atom. The molecule has 0 saturated heterocycles. The number of tetrazole rings is 1. The summed E-state index contributed by atoms with van der Waals surface area (Å²) in [7, 11) is 0. The molecule has 1 N–H and O–H groups in total. The first-order valence-electron chi connectivity index (χ1n) is 6.40. The third-order valence-corrected chi connectivity index (χ3v) is 3.45. The van der Waals surface area contributed by atoms with Gasteiger partial charge in [0.25, 0.3) is 0 Å². The highest BCUT2D eigenvalue weighted by Crippen LogP contribution is 2.32. The van der Waals surface area contributed by atoms with Crippen LogP contribution in [-0.2, 0) is 6.54 Å². The lowest BCUT2D eigenvalue weighted by atomic mass is 10.2. The fraction of sp³-hybridized carbons (Fsp3) is 0.462. The van der Waals surface area contributed by atoms with E-state index in [9.17, 15) is 0 Å². The Morgan fingerprint density at radius 2 is 2.11 bits per heavy atom. The van der Waals surface area contributed by atoms with Crippen molar-refractivity contribution in [2.45, 2.75) is 32.4 Å². The van der Waals surface area contributed by atoms with Gasteiger partial charge in [0, 0.05) is 6.04 Å². The molecule has 1 aromatic carbocycles. The first kappa shape index (κ1) is 11.3. The molecule has 1 aliphatic rings. The van der Waals surface area contributed by atoms with Crippen molar-refractivity contribution in [3.8, 4) is 5.69 Å². The molecule has 2 aromatic rings. The van der Waals surface area contributed by atoms with Crippen molar-refractivity contribution in [2.75, 3.05) is 0 Å². The van der Waals surface area contributed by atoms with E-state index in [-0.39, 0.29) is 0 Å². The molecular weight excluding hydrogens is 226 g/mol. The molecule has 1 aliphatic carbocycles. The molecule has 1 fully saturated rings. The molecule has 1 unspecified atom stereocenters. The monoisotopic (exact) mass is 243 g/mol. The Bertz CT molecular complexity index is 503. The zero-order valence-corrected chi connectivity index (χ0v) is 10.5. The SMILES string of the molecule is CC(NCc1nnnn1-c1ccccc1)C1CC1. The van der Waals surface area contributed by atoms with Crippen molar-refractivity contribution >= 4 is 0 Å². The molecule has 1 heterocycles. The standard InChI is InChI=1S/C13H17N5/c1-10(11-7-8-11)14-9-13-15-16-17-18(13)12-5-3-2-4-6-12/h2-6,10-11,14H,7-9H2,1H3. The maximum Gasteiger partial charge on any atom is 0.170 e. The average molecular weight is 243 g/mol. The summed E-state index contributed by atoms with van der Waals surface area (Å²) in [5, 5.41) is 15.4. The van der Waals surface area contributed by atoms with Crippen LogP contribution in [0.15, 0.2) is 30.3 Å². The van der Waals surface area contributed by atoms with Crippen molar-refractivity contribution in [3.63, 3.8) is 0 Å². The Labute approximate surface area is 106 Å². The Morgan fingerprint density at radius 3 is 2.83 bits per heavy atom. The maximum absolute atomic E-state index is 4.08. The number of hydrogen-bond donors (Lipinski definition) is 1. The Kier molecular flexibility index (Phi) is 3.06. The first-order chi connectivity index (χ1) is 8.84. The molecule has 0 amide bonds. The number of benzene rings is 1. The van der Waals surface area contributed by atoms with E-state index in [0.717, 1.165) is 17.4 Å². The topological polar surface area (TPSA) is 55.6 Å². The first-order valence-corrected chi connectivity index (χ1v) is 6.40. The molecule has 0 spiro atoms. The van der Waals surface area contributed by atoms with Crippen LogP contribution in [-0.4, -0.2) is 26.2 Å². The van der Waals surface area contributed by atoms with Crippen molar-refractivity contribution < 1.29 is 0 Å². The van der Waals surface area contributed by atoms with Gasteiger partial charge in [-0.15, -0.1) is 5.10 Å².